The van der Waals surface area contributed by atoms with Gasteiger partial charge < -0.3 is 4.90 Å². The van der Waals surface area contributed by atoms with Crippen molar-refractivity contribution in [2.75, 3.05) is 26.4 Å². The first-order chi connectivity index (χ1) is 5.83. The van der Waals surface area contributed by atoms with E-state index in [1.807, 2.05) is 13.8 Å². The van der Waals surface area contributed by atoms with Crippen LogP contribution in [0.4, 0.5) is 0 Å². The summed E-state index contributed by atoms with van der Waals surface area (Å²) >= 11 is 1.74. The van der Waals surface area contributed by atoms with Crippen LogP contribution in [0.1, 0.15) is 26.7 Å². The Morgan fingerprint density at radius 1 is 1.25 bits per heavy atom. The highest BCUT2D eigenvalue weighted by Gasteiger charge is 2.14. The molecule has 1 fully saturated rings. The number of nitrogens with one attached hydrogen (secondary N) is 1. The van der Waals surface area contributed by atoms with Gasteiger partial charge in [0.05, 0.1) is 0 Å². The summed E-state index contributed by atoms with van der Waals surface area (Å²) in [6, 6.07) is 0.756. The predicted molar refractivity (Wildman–Crippen MR) is 58.5 cm³/mol. The third-order valence-corrected chi connectivity index (χ3v) is 2.57. The Balaban J connectivity index is 0.000000561. The highest BCUT2D eigenvalue weighted by Crippen LogP contribution is 2.09. The topological polar surface area (TPSA) is 15.3 Å². The number of hydrogen-bond acceptors (Lipinski definition) is 3. The summed E-state index contributed by atoms with van der Waals surface area (Å²) in [4.78, 5) is 2.39. The van der Waals surface area contributed by atoms with Crippen LogP contribution in [0.2, 0.25) is 0 Å². The van der Waals surface area contributed by atoms with E-state index in [9.17, 15) is 0 Å². The standard InChI is InChI=1S/C7H16N2S.C2H6/c1-9-5-3-7(4-6-9)8-10-2;1-2/h7-8H,3-6H2,1-2H3;1-2H3. The van der Waals surface area contributed by atoms with Crippen molar-refractivity contribution in [1.29, 1.82) is 0 Å². The van der Waals surface area contributed by atoms with E-state index in [0.29, 0.717) is 0 Å². The molecule has 1 heterocycles. The van der Waals surface area contributed by atoms with Crippen molar-refractivity contribution in [3.8, 4) is 0 Å². The molecule has 1 N–H and O–H groups in total. The van der Waals surface area contributed by atoms with Crippen LogP contribution >= 0.6 is 11.9 Å². The lowest BCUT2D eigenvalue weighted by Gasteiger charge is -2.28. The van der Waals surface area contributed by atoms with Gasteiger partial charge >= 0.3 is 0 Å². The first-order valence-corrected chi connectivity index (χ1v) is 6.02. The van der Waals surface area contributed by atoms with Gasteiger partial charge in [-0.1, -0.05) is 25.8 Å². The van der Waals surface area contributed by atoms with Gasteiger partial charge in [-0.05, 0) is 39.2 Å². The molecule has 0 spiro atoms. The molecular formula is C9H22N2S. The van der Waals surface area contributed by atoms with Gasteiger partial charge in [-0.15, -0.1) is 0 Å². The van der Waals surface area contributed by atoms with Crippen molar-refractivity contribution in [2.24, 2.45) is 0 Å². The van der Waals surface area contributed by atoms with Crippen LogP contribution in [0.25, 0.3) is 0 Å². The van der Waals surface area contributed by atoms with Crippen LogP contribution < -0.4 is 4.72 Å². The van der Waals surface area contributed by atoms with E-state index in [1.54, 1.807) is 11.9 Å². The molecule has 0 unspecified atom stereocenters. The van der Waals surface area contributed by atoms with E-state index >= 15 is 0 Å². The normalized spacial score (nSPS) is 20.0. The molecule has 0 aromatic rings. The molecule has 0 amide bonds. The van der Waals surface area contributed by atoms with E-state index in [2.05, 4.69) is 22.9 Å². The smallest absolute Gasteiger partial charge is 0.0196 e. The Bertz CT molecular complexity index is 90.5. The van der Waals surface area contributed by atoms with E-state index in [1.165, 1.54) is 25.9 Å². The fourth-order valence-corrected chi connectivity index (χ4v) is 1.86. The van der Waals surface area contributed by atoms with Gasteiger partial charge in [-0.25, -0.2) is 0 Å². The Morgan fingerprint density at radius 2 is 1.75 bits per heavy atom. The third kappa shape index (κ3) is 5.01. The molecule has 12 heavy (non-hydrogen) atoms. The Hall–Kier alpha value is 0.270. The molecule has 0 radical (unpaired) electrons. The number of likely N-dealkylation sites (tertiary alicyclic amines) is 1. The van der Waals surface area contributed by atoms with Crippen molar-refractivity contribution in [3.05, 3.63) is 0 Å². The molecule has 1 aliphatic heterocycles. The summed E-state index contributed by atoms with van der Waals surface area (Å²) in [5.74, 6) is 0. The SMILES string of the molecule is CC.CSNC1CCN(C)CC1. The van der Waals surface area contributed by atoms with Crippen LogP contribution in [0, 0.1) is 0 Å². The summed E-state index contributed by atoms with van der Waals surface area (Å²) in [7, 11) is 2.19. The maximum absolute atomic E-state index is 3.40. The van der Waals surface area contributed by atoms with E-state index in [4.69, 9.17) is 0 Å². The average Bonchev–Trinajstić information content (AvgIpc) is 2.13. The summed E-state index contributed by atoms with van der Waals surface area (Å²) in [6.07, 6.45) is 4.70. The second-order valence-corrected chi connectivity index (χ2v) is 3.54. The molecule has 1 rings (SSSR count). The van der Waals surface area contributed by atoms with E-state index in [-0.39, 0.29) is 0 Å². The zero-order valence-electron chi connectivity index (χ0n) is 8.76. The number of piperidine rings is 1. The molecule has 74 valence electrons. The van der Waals surface area contributed by atoms with Crippen molar-refractivity contribution >= 4 is 11.9 Å². The third-order valence-electron chi connectivity index (χ3n) is 2.00. The minimum Gasteiger partial charge on any atom is -0.306 e. The summed E-state index contributed by atoms with van der Waals surface area (Å²) < 4.78 is 3.40. The predicted octanol–water partition coefficient (Wildman–Crippen LogP) is 1.97. The molecule has 2 nitrogen and oxygen atoms in total. The highest BCUT2D eigenvalue weighted by molar-refractivity contribution is 7.96. The lowest BCUT2D eigenvalue weighted by molar-refractivity contribution is 0.250. The minimum absolute atomic E-state index is 0.756. The maximum Gasteiger partial charge on any atom is 0.0196 e. The van der Waals surface area contributed by atoms with Gasteiger partial charge in [0.25, 0.3) is 0 Å². The molecule has 1 aliphatic rings. The molecule has 3 heteroatoms. The van der Waals surface area contributed by atoms with Crippen molar-refractivity contribution < 1.29 is 0 Å². The fourth-order valence-electron chi connectivity index (χ4n) is 1.29. The first kappa shape index (κ1) is 12.3. The summed E-state index contributed by atoms with van der Waals surface area (Å²) in [5.41, 5.74) is 0. The van der Waals surface area contributed by atoms with Crippen LogP contribution in [0.15, 0.2) is 0 Å². The molecule has 0 saturated carbocycles. The Kier molecular flexibility index (Phi) is 8.07. The molecule has 1 saturated heterocycles. The lowest BCUT2D eigenvalue weighted by Crippen LogP contribution is -2.38. The second-order valence-electron chi connectivity index (χ2n) is 2.90. The van der Waals surface area contributed by atoms with Gasteiger partial charge in [-0.2, -0.15) is 0 Å². The zero-order chi connectivity index (χ0) is 9.40. The van der Waals surface area contributed by atoms with Crippen molar-refractivity contribution in [3.63, 3.8) is 0 Å². The summed E-state index contributed by atoms with van der Waals surface area (Å²) in [5, 5.41) is 0. The van der Waals surface area contributed by atoms with E-state index < -0.39 is 0 Å². The molecule has 0 atom stereocenters. The maximum atomic E-state index is 3.40. The monoisotopic (exact) mass is 190 g/mol. The van der Waals surface area contributed by atoms with Gasteiger partial charge in [0.15, 0.2) is 0 Å². The van der Waals surface area contributed by atoms with Crippen molar-refractivity contribution in [2.45, 2.75) is 32.7 Å². The van der Waals surface area contributed by atoms with Crippen molar-refractivity contribution in [1.82, 2.24) is 9.62 Å². The highest BCUT2D eigenvalue weighted by atomic mass is 32.2. The van der Waals surface area contributed by atoms with Crippen LogP contribution in [-0.4, -0.2) is 37.3 Å². The summed E-state index contributed by atoms with van der Waals surface area (Å²) in [6.45, 7) is 6.50. The average molecular weight is 190 g/mol. The van der Waals surface area contributed by atoms with Gasteiger partial charge in [-0.3, -0.25) is 4.72 Å². The molecule has 0 aromatic carbocycles. The van der Waals surface area contributed by atoms with E-state index in [0.717, 1.165) is 6.04 Å². The molecule has 0 aliphatic carbocycles. The van der Waals surface area contributed by atoms with Gasteiger partial charge in [0, 0.05) is 6.04 Å². The van der Waals surface area contributed by atoms with Crippen LogP contribution in [-0.2, 0) is 0 Å². The van der Waals surface area contributed by atoms with Crippen LogP contribution in [0.5, 0.6) is 0 Å². The molecular weight excluding hydrogens is 168 g/mol. The minimum atomic E-state index is 0.756. The largest absolute Gasteiger partial charge is 0.306 e. The number of nitrogens with zero attached hydrogens (tertiary/aromatic N) is 1. The van der Waals surface area contributed by atoms with Gasteiger partial charge in [0.1, 0.15) is 0 Å². The quantitative estimate of drug-likeness (QED) is 0.670. The number of hydrogen-bond donors (Lipinski definition) is 1. The lowest BCUT2D eigenvalue weighted by atomic mass is 10.1. The zero-order valence-corrected chi connectivity index (χ0v) is 9.58. The fraction of sp³-hybridized carbons (Fsp3) is 1.00. The Morgan fingerprint density at radius 3 is 2.17 bits per heavy atom. The first-order valence-electron chi connectivity index (χ1n) is 4.80. The number of rotatable bonds is 2. The second kappa shape index (κ2) is 7.90. The Labute approximate surface area is 81.2 Å². The molecule has 0 bridgehead atoms. The van der Waals surface area contributed by atoms with Gasteiger partial charge in [0.2, 0.25) is 0 Å². The van der Waals surface area contributed by atoms with Crippen LogP contribution in [0.3, 0.4) is 0 Å². The molecule has 0 aromatic heterocycles.